The third-order valence-electron chi connectivity index (χ3n) is 4.86. The van der Waals surface area contributed by atoms with Crippen LogP contribution < -0.4 is 5.32 Å². The molecule has 1 saturated heterocycles. The largest absolute Gasteiger partial charge is 0.468 e. The Kier molecular flexibility index (Phi) is 5.63. The van der Waals surface area contributed by atoms with E-state index in [4.69, 9.17) is 4.74 Å². The molecule has 0 aromatic heterocycles. The van der Waals surface area contributed by atoms with Gasteiger partial charge in [0.2, 0.25) is 0 Å². The molecule has 0 aromatic carbocycles. The van der Waals surface area contributed by atoms with Gasteiger partial charge < -0.3 is 14.5 Å². The molecule has 0 spiro atoms. The first-order valence-electron chi connectivity index (χ1n) is 8.19. The molecule has 0 amide bonds. The number of nitrogens with zero attached hydrogens (tertiary/aromatic N) is 2. The van der Waals surface area contributed by atoms with Crippen LogP contribution in [0.5, 0.6) is 0 Å². The number of likely N-dealkylation sites (tertiary alicyclic amines) is 1. The Bertz CT molecular complexity index is 357. The molecular formula is C16H31N3O2. The van der Waals surface area contributed by atoms with E-state index in [1.165, 1.54) is 32.9 Å². The highest BCUT2D eigenvalue weighted by Crippen LogP contribution is 2.26. The molecular weight excluding hydrogens is 266 g/mol. The van der Waals surface area contributed by atoms with Crippen LogP contribution >= 0.6 is 0 Å². The molecule has 2 rings (SSSR count). The molecule has 1 N–H and O–H groups in total. The fourth-order valence-electron chi connectivity index (χ4n) is 3.23. The minimum Gasteiger partial charge on any atom is -0.468 e. The Morgan fingerprint density at radius 1 is 1.38 bits per heavy atom. The molecule has 2 aliphatic rings. The van der Waals surface area contributed by atoms with E-state index in [0.29, 0.717) is 12.1 Å². The Morgan fingerprint density at radius 3 is 2.62 bits per heavy atom. The molecule has 21 heavy (non-hydrogen) atoms. The number of nitrogens with one attached hydrogen (secondary N) is 1. The molecule has 2 atom stereocenters. The van der Waals surface area contributed by atoms with Gasteiger partial charge in [-0.1, -0.05) is 0 Å². The summed E-state index contributed by atoms with van der Waals surface area (Å²) in [7, 11) is 5.79. The second kappa shape index (κ2) is 7.07. The minimum absolute atomic E-state index is 0.123. The van der Waals surface area contributed by atoms with Crippen LogP contribution in [0.1, 0.15) is 39.0 Å². The quantitative estimate of drug-likeness (QED) is 0.679. The van der Waals surface area contributed by atoms with Gasteiger partial charge in [0.1, 0.15) is 5.54 Å². The lowest BCUT2D eigenvalue weighted by Crippen LogP contribution is -2.51. The van der Waals surface area contributed by atoms with E-state index in [2.05, 4.69) is 29.2 Å². The van der Waals surface area contributed by atoms with Crippen LogP contribution in [0.4, 0.5) is 0 Å². The molecule has 0 aromatic rings. The number of esters is 1. The van der Waals surface area contributed by atoms with Crippen molar-refractivity contribution >= 4 is 5.97 Å². The van der Waals surface area contributed by atoms with E-state index in [-0.39, 0.29) is 5.97 Å². The summed E-state index contributed by atoms with van der Waals surface area (Å²) < 4.78 is 4.99. The minimum atomic E-state index is -0.517. The number of carbonyl (C=O) groups excluding carboxylic acids is 1. The van der Waals surface area contributed by atoms with Crippen LogP contribution in [0.3, 0.4) is 0 Å². The number of hydrogen-bond donors (Lipinski definition) is 1. The highest BCUT2D eigenvalue weighted by molar-refractivity contribution is 5.80. The maximum Gasteiger partial charge on any atom is 0.325 e. The van der Waals surface area contributed by atoms with E-state index in [1.54, 1.807) is 0 Å². The molecule has 2 unspecified atom stereocenters. The van der Waals surface area contributed by atoms with Crippen molar-refractivity contribution in [3.63, 3.8) is 0 Å². The van der Waals surface area contributed by atoms with Gasteiger partial charge in [-0.2, -0.15) is 0 Å². The van der Waals surface area contributed by atoms with Crippen molar-refractivity contribution in [2.45, 2.75) is 56.7 Å². The topological polar surface area (TPSA) is 44.8 Å². The number of rotatable bonds is 8. The Labute approximate surface area is 129 Å². The first-order valence-corrected chi connectivity index (χ1v) is 8.19. The van der Waals surface area contributed by atoms with E-state index < -0.39 is 5.54 Å². The summed E-state index contributed by atoms with van der Waals surface area (Å²) in [5, 5.41) is 3.47. The molecule has 0 bridgehead atoms. The van der Waals surface area contributed by atoms with Gasteiger partial charge in [0.15, 0.2) is 0 Å². The van der Waals surface area contributed by atoms with Crippen LogP contribution in [-0.2, 0) is 9.53 Å². The normalized spacial score (nSPS) is 26.0. The van der Waals surface area contributed by atoms with E-state index in [1.807, 2.05) is 6.92 Å². The number of carbonyl (C=O) groups is 1. The molecule has 1 saturated carbocycles. The second-order valence-electron chi connectivity index (χ2n) is 7.05. The third-order valence-corrected chi connectivity index (χ3v) is 4.86. The van der Waals surface area contributed by atoms with Crippen molar-refractivity contribution in [1.29, 1.82) is 0 Å². The van der Waals surface area contributed by atoms with E-state index in [9.17, 15) is 4.79 Å². The van der Waals surface area contributed by atoms with Crippen LogP contribution in [0, 0.1) is 0 Å². The maximum absolute atomic E-state index is 12.1. The lowest BCUT2D eigenvalue weighted by molar-refractivity contribution is -0.148. The monoisotopic (exact) mass is 297 g/mol. The van der Waals surface area contributed by atoms with E-state index >= 15 is 0 Å². The standard InChI is InChI=1S/C16H31N3O2/c1-16(15(20)21-4,17-13-6-7-13)9-5-10-19-11-8-14(12-19)18(2)3/h13-14,17H,5-12H2,1-4H3. The molecule has 1 heterocycles. The molecule has 122 valence electrons. The summed E-state index contributed by atoms with van der Waals surface area (Å²) in [5.74, 6) is -0.123. The Hall–Kier alpha value is -0.650. The Balaban J connectivity index is 1.75. The zero-order chi connectivity index (χ0) is 15.5. The van der Waals surface area contributed by atoms with Crippen LogP contribution in [0.2, 0.25) is 0 Å². The zero-order valence-corrected chi connectivity index (χ0v) is 14.0. The summed E-state index contributed by atoms with van der Waals surface area (Å²) in [4.78, 5) is 16.9. The third kappa shape index (κ3) is 4.66. The molecule has 5 heteroatoms. The highest BCUT2D eigenvalue weighted by atomic mass is 16.5. The Morgan fingerprint density at radius 2 is 2.10 bits per heavy atom. The number of hydrogen-bond acceptors (Lipinski definition) is 5. The van der Waals surface area contributed by atoms with E-state index in [0.717, 1.165) is 25.9 Å². The fraction of sp³-hybridized carbons (Fsp3) is 0.938. The van der Waals surface area contributed by atoms with Crippen molar-refractivity contribution < 1.29 is 9.53 Å². The highest BCUT2D eigenvalue weighted by Gasteiger charge is 2.39. The predicted octanol–water partition coefficient (Wildman–Crippen LogP) is 1.09. The van der Waals surface area contributed by atoms with Crippen LogP contribution in [-0.4, -0.2) is 74.2 Å². The average Bonchev–Trinajstić information content (AvgIpc) is 3.11. The summed E-state index contributed by atoms with van der Waals surface area (Å²) in [6.07, 6.45) is 5.50. The van der Waals surface area contributed by atoms with Crippen molar-refractivity contribution in [2.75, 3.05) is 40.8 Å². The molecule has 2 fully saturated rings. The summed E-state index contributed by atoms with van der Waals surface area (Å²) >= 11 is 0. The molecule has 5 nitrogen and oxygen atoms in total. The van der Waals surface area contributed by atoms with Gasteiger partial charge in [0.05, 0.1) is 7.11 Å². The van der Waals surface area contributed by atoms with Gasteiger partial charge >= 0.3 is 5.97 Å². The fourth-order valence-corrected chi connectivity index (χ4v) is 3.23. The second-order valence-corrected chi connectivity index (χ2v) is 7.05. The van der Waals surface area contributed by atoms with Gasteiger partial charge in [0, 0.05) is 18.6 Å². The lowest BCUT2D eigenvalue weighted by Gasteiger charge is -2.29. The number of ether oxygens (including phenoxy) is 1. The van der Waals surface area contributed by atoms with Crippen LogP contribution in [0.15, 0.2) is 0 Å². The predicted molar refractivity (Wildman–Crippen MR) is 84.3 cm³/mol. The summed E-state index contributed by atoms with van der Waals surface area (Å²) in [6, 6.07) is 1.19. The first-order chi connectivity index (χ1) is 9.94. The van der Waals surface area contributed by atoms with Crippen molar-refractivity contribution in [1.82, 2.24) is 15.1 Å². The lowest BCUT2D eigenvalue weighted by atomic mass is 9.95. The SMILES string of the molecule is COC(=O)C(C)(CCCN1CCC(N(C)C)C1)NC1CC1. The van der Waals surface area contributed by atoms with Crippen molar-refractivity contribution in [3.8, 4) is 0 Å². The number of methoxy groups -OCH3 is 1. The van der Waals surface area contributed by atoms with Gasteiger partial charge in [-0.15, -0.1) is 0 Å². The smallest absolute Gasteiger partial charge is 0.325 e. The van der Waals surface area contributed by atoms with Gasteiger partial charge in [0.25, 0.3) is 0 Å². The first kappa shape index (κ1) is 16.7. The van der Waals surface area contributed by atoms with Crippen molar-refractivity contribution in [2.24, 2.45) is 0 Å². The molecule has 0 radical (unpaired) electrons. The maximum atomic E-state index is 12.1. The summed E-state index contributed by atoms with van der Waals surface area (Å²) in [5.41, 5.74) is -0.517. The van der Waals surface area contributed by atoms with Gasteiger partial charge in [-0.25, -0.2) is 0 Å². The molecule has 1 aliphatic carbocycles. The molecule has 1 aliphatic heterocycles. The average molecular weight is 297 g/mol. The van der Waals surface area contributed by atoms with Crippen molar-refractivity contribution in [3.05, 3.63) is 0 Å². The number of likely N-dealkylation sites (N-methyl/N-ethyl adjacent to an activating group) is 1. The zero-order valence-electron chi connectivity index (χ0n) is 14.0. The van der Waals surface area contributed by atoms with Gasteiger partial charge in [-0.3, -0.25) is 10.1 Å². The summed E-state index contributed by atoms with van der Waals surface area (Å²) in [6.45, 7) is 5.39. The van der Waals surface area contributed by atoms with Gasteiger partial charge in [-0.05, 0) is 66.2 Å². The van der Waals surface area contributed by atoms with Crippen LogP contribution in [0.25, 0.3) is 0 Å².